The number of esters is 1. The number of H-pyrrole nitrogens is 1. The number of hydrogen-bond donors (Lipinski definition) is 1. The van der Waals surface area contributed by atoms with Crippen LogP contribution in [0.5, 0.6) is 5.75 Å². The van der Waals surface area contributed by atoms with Crippen molar-refractivity contribution in [2.45, 2.75) is 0 Å². The van der Waals surface area contributed by atoms with Gasteiger partial charge in [0, 0.05) is 17.0 Å². The maximum atomic E-state index is 12.2. The number of carbonyl (C=O) groups excluding carboxylic acids is 1. The molecule has 0 aliphatic carbocycles. The van der Waals surface area contributed by atoms with Gasteiger partial charge in [-0.3, -0.25) is 0 Å². The predicted molar refractivity (Wildman–Crippen MR) is 96.9 cm³/mol. The molecule has 24 heavy (non-hydrogen) atoms. The van der Waals surface area contributed by atoms with Crippen molar-refractivity contribution in [3.8, 4) is 5.75 Å². The highest BCUT2D eigenvalue weighted by Crippen LogP contribution is 2.33. The molecule has 1 heterocycles. The third kappa shape index (κ3) is 2.68. The molecule has 0 aliphatic rings. The molecule has 4 rings (SSSR count). The molecule has 0 fully saturated rings. The first-order chi connectivity index (χ1) is 11.8. The van der Waals surface area contributed by atoms with E-state index in [9.17, 15) is 4.79 Å². The molecule has 1 N–H and O–H groups in total. The Labute approximate surface area is 139 Å². The van der Waals surface area contributed by atoms with Crippen molar-refractivity contribution in [3.63, 3.8) is 0 Å². The van der Waals surface area contributed by atoms with Crippen LogP contribution in [0.3, 0.4) is 0 Å². The lowest BCUT2D eigenvalue weighted by Crippen LogP contribution is -2.03. The third-order valence-electron chi connectivity index (χ3n) is 3.91. The number of nitrogens with one attached hydrogen (secondary N) is 1. The van der Waals surface area contributed by atoms with E-state index in [1.807, 2.05) is 72.8 Å². The molecular formula is C21H15NO2. The second kappa shape index (κ2) is 6.05. The number of aromatic nitrogens is 1. The lowest BCUT2D eigenvalue weighted by Gasteiger charge is -2.03. The Hall–Kier alpha value is -3.33. The third-order valence-corrected chi connectivity index (χ3v) is 3.91. The van der Waals surface area contributed by atoms with Gasteiger partial charge >= 0.3 is 5.97 Å². The number of carbonyl (C=O) groups is 1. The second-order valence-electron chi connectivity index (χ2n) is 5.51. The van der Waals surface area contributed by atoms with Crippen molar-refractivity contribution in [1.29, 1.82) is 0 Å². The van der Waals surface area contributed by atoms with Gasteiger partial charge in [-0.05, 0) is 29.8 Å². The number of benzene rings is 3. The van der Waals surface area contributed by atoms with E-state index in [2.05, 4.69) is 4.98 Å². The van der Waals surface area contributed by atoms with Crippen molar-refractivity contribution in [3.05, 3.63) is 84.4 Å². The van der Waals surface area contributed by atoms with Crippen molar-refractivity contribution < 1.29 is 9.53 Å². The van der Waals surface area contributed by atoms with Gasteiger partial charge in [0.05, 0.1) is 10.9 Å². The summed E-state index contributed by atoms with van der Waals surface area (Å²) in [5.74, 6) is 0.171. The van der Waals surface area contributed by atoms with Crippen LogP contribution in [0, 0.1) is 0 Å². The van der Waals surface area contributed by atoms with E-state index in [4.69, 9.17) is 4.74 Å². The fourth-order valence-corrected chi connectivity index (χ4v) is 2.82. The molecule has 0 atom stereocenters. The lowest BCUT2D eigenvalue weighted by molar-refractivity contribution is -0.128. The van der Waals surface area contributed by atoms with Crippen LogP contribution < -0.4 is 4.74 Å². The van der Waals surface area contributed by atoms with E-state index in [1.54, 1.807) is 6.08 Å². The summed E-state index contributed by atoms with van der Waals surface area (Å²) >= 11 is 0. The molecular weight excluding hydrogens is 298 g/mol. The molecule has 0 radical (unpaired) electrons. The summed E-state index contributed by atoms with van der Waals surface area (Å²) in [6, 6.07) is 23.3. The first-order valence-corrected chi connectivity index (χ1v) is 7.76. The quantitative estimate of drug-likeness (QED) is 0.331. The van der Waals surface area contributed by atoms with Crippen LogP contribution >= 0.6 is 0 Å². The fraction of sp³-hybridized carbons (Fsp3) is 0. The van der Waals surface area contributed by atoms with Gasteiger partial charge in [-0.25, -0.2) is 4.79 Å². The van der Waals surface area contributed by atoms with Crippen molar-refractivity contribution in [2.24, 2.45) is 0 Å². The van der Waals surface area contributed by atoms with E-state index < -0.39 is 5.97 Å². The van der Waals surface area contributed by atoms with Gasteiger partial charge in [0.15, 0.2) is 0 Å². The normalized spacial score (nSPS) is 11.3. The molecule has 4 aromatic rings. The Balaban J connectivity index is 1.67. The molecule has 3 aromatic carbocycles. The van der Waals surface area contributed by atoms with Gasteiger partial charge in [-0.15, -0.1) is 0 Å². The van der Waals surface area contributed by atoms with E-state index in [0.29, 0.717) is 5.75 Å². The molecule has 0 aliphatic heterocycles. The number of para-hydroxylation sites is 1. The Bertz CT molecular complexity index is 1050. The average Bonchev–Trinajstić information content (AvgIpc) is 3.00. The standard InChI is InChI=1S/C21H15NO2/c23-20(14-13-15-7-2-1-3-8-15)24-19-12-6-11-18-21(19)16-9-4-5-10-17(16)22-18/h1-14,22H/b14-13+. The van der Waals surface area contributed by atoms with Gasteiger partial charge in [0.1, 0.15) is 5.75 Å². The molecule has 0 saturated carbocycles. The Kier molecular flexibility index (Phi) is 3.60. The number of hydrogen-bond acceptors (Lipinski definition) is 2. The first kappa shape index (κ1) is 14.3. The number of rotatable bonds is 3. The number of ether oxygens (including phenoxy) is 1. The van der Waals surface area contributed by atoms with Crippen molar-refractivity contribution in [2.75, 3.05) is 0 Å². The zero-order valence-corrected chi connectivity index (χ0v) is 12.9. The minimum absolute atomic E-state index is 0.392. The van der Waals surface area contributed by atoms with Gasteiger partial charge in [0.25, 0.3) is 0 Å². The highest BCUT2D eigenvalue weighted by molar-refractivity contribution is 6.11. The summed E-state index contributed by atoms with van der Waals surface area (Å²) in [6.07, 6.45) is 3.20. The molecule has 3 nitrogen and oxygen atoms in total. The Morgan fingerprint density at radius 1 is 0.833 bits per heavy atom. The maximum Gasteiger partial charge on any atom is 0.336 e. The van der Waals surface area contributed by atoms with Crippen LogP contribution in [0.4, 0.5) is 0 Å². The summed E-state index contributed by atoms with van der Waals surface area (Å²) < 4.78 is 5.57. The molecule has 3 heteroatoms. The van der Waals surface area contributed by atoms with E-state index in [-0.39, 0.29) is 0 Å². The second-order valence-corrected chi connectivity index (χ2v) is 5.51. The molecule has 116 valence electrons. The first-order valence-electron chi connectivity index (χ1n) is 7.76. The topological polar surface area (TPSA) is 42.1 Å². The van der Waals surface area contributed by atoms with Crippen molar-refractivity contribution in [1.82, 2.24) is 4.98 Å². The van der Waals surface area contributed by atoms with E-state index in [0.717, 1.165) is 27.4 Å². The largest absolute Gasteiger partial charge is 0.423 e. The molecule has 0 amide bonds. The van der Waals surface area contributed by atoms with Crippen LogP contribution in [0.1, 0.15) is 5.56 Å². The van der Waals surface area contributed by atoms with Crippen LogP contribution in [-0.2, 0) is 4.79 Å². The van der Waals surface area contributed by atoms with Gasteiger partial charge < -0.3 is 9.72 Å². The fourth-order valence-electron chi connectivity index (χ4n) is 2.82. The Morgan fingerprint density at radius 2 is 1.58 bits per heavy atom. The van der Waals surface area contributed by atoms with Gasteiger partial charge in [-0.2, -0.15) is 0 Å². The van der Waals surface area contributed by atoms with Crippen molar-refractivity contribution >= 4 is 33.9 Å². The summed E-state index contributed by atoms with van der Waals surface area (Å²) in [4.78, 5) is 15.5. The molecule has 0 saturated heterocycles. The Morgan fingerprint density at radius 3 is 2.46 bits per heavy atom. The number of fused-ring (bicyclic) bond motifs is 3. The summed E-state index contributed by atoms with van der Waals surface area (Å²) in [5.41, 5.74) is 2.93. The maximum absolute atomic E-state index is 12.2. The smallest absolute Gasteiger partial charge is 0.336 e. The van der Waals surface area contributed by atoms with Gasteiger partial charge in [0.2, 0.25) is 0 Å². The van der Waals surface area contributed by atoms with Crippen LogP contribution in [-0.4, -0.2) is 11.0 Å². The minimum atomic E-state index is -0.392. The number of aromatic amines is 1. The van der Waals surface area contributed by atoms with E-state index >= 15 is 0 Å². The minimum Gasteiger partial charge on any atom is -0.423 e. The zero-order valence-electron chi connectivity index (χ0n) is 12.9. The summed E-state index contributed by atoms with van der Waals surface area (Å²) in [6.45, 7) is 0. The average molecular weight is 313 g/mol. The zero-order chi connectivity index (χ0) is 16.4. The predicted octanol–water partition coefficient (Wildman–Crippen LogP) is 4.94. The van der Waals surface area contributed by atoms with Crippen LogP contribution in [0.2, 0.25) is 0 Å². The van der Waals surface area contributed by atoms with Gasteiger partial charge in [-0.1, -0.05) is 54.6 Å². The van der Waals surface area contributed by atoms with E-state index in [1.165, 1.54) is 6.08 Å². The van der Waals surface area contributed by atoms with Crippen LogP contribution in [0.15, 0.2) is 78.9 Å². The lowest BCUT2D eigenvalue weighted by atomic mass is 10.1. The monoisotopic (exact) mass is 313 g/mol. The summed E-state index contributed by atoms with van der Waals surface area (Å²) in [5, 5.41) is 1.97. The molecule has 0 spiro atoms. The SMILES string of the molecule is O=C(/C=C/c1ccccc1)Oc1cccc2[nH]c3ccccc3c12. The van der Waals surface area contributed by atoms with Crippen LogP contribution in [0.25, 0.3) is 27.9 Å². The highest BCUT2D eigenvalue weighted by Gasteiger charge is 2.11. The molecule has 0 unspecified atom stereocenters. The molecule has 1 aromatic heterocycles. The highest BCUT2D eigenvalue weighted by atomic mass is 16.5. The molecule has 0 bridgehead atoms. The summed E-state index contributed by atoms with van der Waals surface area (Å²) in [7, 11) is 0.